The van der Waals surface area contributed by atoms with Crippen LogP contribution in [0, 0.1) is 0 Å². The third-order valence-electron chi connectivity index (χ3n) is 3.95. The fraction of sp³-hybridized carbons (Fsp3) is 0.100. The van der Waals surface area contributed by atoms with Gasteiger partial charge in [0.2, 0.25) is 12.2 Å². The Hall–Kier alpha value is -4.66. The van der Waals surface area contributed by atoms with Crippen molar-refractivity contribution in [2.24, 2.45) is 21.5 Å². The number of rotatable bonds is 6. The Labute approximate surface area is 240 Å². The third-order valence-corrected chi connectivity index (χ3v) is 4.51. The number of aliphatic imine (C=N–C) groups is 2. The van der Waals surface area contributed by atoms with Crippen LogP contribution in [0.2, 0.25) is 10.3 Å². The molecule has 12 N–H and O–H groups in total. The van der Waals surface area contributed by atoms with Crippen LogP contribution in [0.3, 0.4) is 0 Å². The number of carbonyl (C=O) groups is 2. The van der Waals surface area contributed by atoms with Gasteiger partial charge in [0.05, 0.1) is 13.1 Å². The van der Waals surface area contributed by atoms with Gasteiger partial charge in [-0.05, 0) is 11.1 Å². The number of anilines is 4. The molecule has 0 unspecified atom stereocenters. The van der Waals surface area contributed by atoms with Gasteiger partial charge < -0.3 is 34.4 Å². The molecule has 0 aliphatic rings. The molecule has 16 nitrogen and oxygen atoms in total. The van der Waals surface area contributed by atoms with E-state index in [0.29, 0.717) is 13.1 Å². The highest BCUT2D eigenvalue weighted by Gasteiger charge is 2.13. The van der Waals surface area contributed by atoms with Crippen LogP contribution in [0.1, 0.15) is 32.1 Å². The summed E-state index contributed by atoms with van der Waals surface area (Å²) >= 11 is 10.9. The van der Waals surface area contributed by atoms with E-state index >= 15 is 0 Å². The minimum absolute atomic E-state index is 0. The van der Waals surface area contributed by atoms with Crippen LogP contribution in [-0.4, -0.2) is 43.9 Å². The van der Waals surface area contributed by atoms with Crippen molar-refractivity contribution in [3.63, 3.8) is 0 Å². The van der Waals surface area contributed by atoms with E-state index in [1.54, 1.807) is 0 Å². The van der Waals surface area contributed by atoms with E-state index in [2.05, 4.69) is 29.9 Å². The number of hydrogen-bond donors (Lipinski definition) is 6. The van der Waals surface area contributed by atoms with Gasteiger partial charge in [-0.1, -0.05) is 47.5 Å². The zero-order valence-corrected chi connectivity index (χ0v) is 22.9. The number of benzene rings is 1. The monoisotopic (exact) mass is 642 g/mol. The molecule has 206 valence electrons. The van der Waals surface area contributed by atoms with E-state index in [0.717, 1.165) is 11.1 Å². The molecule has 1 aromatic carbocycles. The number of hydrogen-bond acceptors (Lipinski definition) is 14. The minimum atomic E-state index is -0.790. The smallest absolute Gasteiger partial charge is 0.271 e. The first-order chi connectivity index (χ1) is 17.9. The molecule has 2 heterocycles. The normalized spacial score (nSPS) is 9.08. The molecular formula is C20H21BrCl2N12O4. The molecule has 0 atom stereocenters. The molecule has 0 saturated carbocycles. The summed E-state index contributed by atoms with van der Waals surface area (Å²) in [6.45, 7) is 0.668. The highest BCUT2D eigenvalue weighted by molar-refractivity contribution is 8.93. The predicted molar refractivity (Wildman–Crippen MR) is 149 cm³/mol. The summed E-state index contributed by atoms with van der Waals surface area (Å²) in [7, 11) is 0. The van der Waals surface area contributed by atoms with Crippen molar-refractivity contribution in [1.29, 1.82) is 0 Å². The number of aromatic nitrogens is 4. The van der Waals surface area contributed by atoms with Crippen molar-refractivity contribution >= 4 is 87.4 Å². The van der Waals surface area contributed by atoms with Crippen LogP contribution < -0.4 is 34.4 Å². The Morgan fingerprint density at radius 3 is 1.23 bits per heavy atom. The van der Waals surface area contributed by atoms with E-state index < -0.39 is 11.8 Å². The molecular weight excluding hydrogens is 623 g/mol. The van der Waals surface area contributed by atoms with E-state index in [-0.39, 0.29) is 61.9 Å². The minimum Gasteiger partial charge on any atom is -0.382 e. The van der Waals surface area contributed by atoms with Crippen molar-refractivity contribution < 1.29 is 19.2 Å². The fourth-order valence-electron chi connectivity index (χ4n) is 2.24. The zero-order chi connectivity index (χ0) is 28.8. The summed E-state index contributed by atoms with van der Waals surface area (Å²) in [4.78, 5) is 62.0. The molecule has 19 heteroatoms. The first-order valence-electron chi connectivity index (χ1n) is 9.82. The van der Waals surface area contributed by atoms with Gasteiger partial charge in [-0.2, -0.15) is 0 Å². The van der Waals surface area contributed by atoms with Gasteiger partial charge in [-0.3, -0.25) is 9.59 Å². The molecule has 3 aromatic rings. The van der Waals surface area contributed by atoms with Crippen LogP contribution in [-0.2, 0) is 22.7 Å². The highest BCUT2D eigenvalue weighted by Crippen LogP contribution is 2.17. The molecule has 2 amide bonds. The van der Waals surface area contributed by atoms with Gasteiger partial charge in [0.1, 0.15) is 0 Å². The second-order valence-corrected chi connectivity index (χ2v) is 7.34. The summed E-state index contributed by atoms with van der Waals surface area (Å²) in [5.74, 6) is -1.88. The number of halogens is 3. The SMILES string of the molecule is Br.NC(=O)c1nc(Cl)c(N)nc1N.NC(=O)c1nc(Cl)c(N)nc1N.O=C=NCc1ccc(CN=C=O)cc1. The standard InChI is InChI=1S/C10H8N2O2.2C5H6ClN5O.BrH/c13-7-11-5-9-1-2-10(4-3-9)6-12-8-14;2*6-2-4(8)11-3(7)1(10-2)5(9)12;/h1-4H,5-6H2;2*(H2,9,12)(H4,7,8,11);1H. The number of nitrogen functional groups attached to an aromatic ring is 4. The van der Waals surface area contributed by atoms with Crippen molar-refractivity contribution in [2.45, 2.75) is 13.1 Å². The summed E-state index contributed by atoms with van der Waals surface area (Å²) in [6, 6.07) is 7.32. The van der Waals surface area contributed by atoms with E-state index in [1.165, 1.54) is 12.2 Å². The molecule has 0 aliphatic heterocycles. The van der Waals surface area contributed by atoms with E-state index in [9.17, 15) is 19.2 Å². The molecule has 0 saturated heterocycles. The number of primary amides is 2. The Bertz CT molecular complexity index is 1310. The number of amides is 2. The molecule has 0 bridgehead atoms. The zero-order valence-electron chi connectivity index (χ0n) is 19.7. The van der Waals surface area contributed by atoms with Crippen LogP contribution in [0.5, 0.6) is 0 Å². The van der Waals surface area contributed by atoms with Crippen LogP contribution >= 0.6 is 40.2 Å². The second kappa shape index (κ2) is 17.0. The molecule has 2 aromatic heterocycles. The fourth-order valence-corrected chi connectivity index (χ4v) is 2.50. The third kappa shape index (κ3) is 11.5. The lowest BCUT2D eigenvalue weighted by Crippen LogP contribution is -2.17. The van der Waals surface area contributed by atoms with Crippen molar-refractivity contribution in [2.75, 3.05) is 22.9 Å². The summed E-state index contributed by atoms with van der Waals surface area (Å²) < 4.78 is 0. The number of carbonyl (C=O) groups excluding carboxylic acids is 4. The van der Waals surface area contributed by atoms with E-state index in [4.69, 9.17) is 57.6 Å². The quantitative estimate of drug-likeness (QED) is 0.160. The average Bonchev–Trinajstić information content (AvgIpc) is 2.87. The predicted octanol–water partition coefficient (Wildman–Crippen LogP) is 0.723. The molecule has 0 fully saturated rings. The summed E-state index contributed by atoms with van der Waals surface area (Å²) in [5.41, 5.74) is 32.4. The van der Waals surface area contributed by atoms with Crippen LogP contribution in [0.15, 0.2) is 34.3 Å². The summed E-state index contributed by atoms with van der Waals surface area (Å²) in [5, 5.41) is -0.170. The van der Waals surface area contributed by atoms with Crippen LogP contribution in [0.4, 0.5) is 23.3 Å². The van der Waals surface area contributed by atoms with Crippen molar-refractivity contribution in [3.05, 3.63) is 57.1 Å². The highest BCUT2D eigenvalue weighted by atomic mass is 79.9. The Kier molecular flexibility index (Phi) is 14.9. The number of isocyanates is 2. The van der Waals surface area contributed by atoms with Gasteiger partial charge in [0.25, 0.3) is 11.8 Å². The number of nitrogens with two attached hydrogens (primary N) is 6. The Balaban J connectivity index is 0.000000551. The average molecular weight is 644 g/mol. The Morgan fingerprint density at radius 2 is 0.974 bits per heavy atom. The maximum Gasteiger partial charge on any atom is 0.271 e. The maximum atomic E-state index is 10.6. The van der Waals surface area contributed by atoms with Crippen molar-refractivity contribution in [1.82, 2.24) is 19.9 Å². The summed E-state index contributed by atoms with van der Waals surface area (Å²) in [6.07, 6.45) is 2.94. The molecule has 39 heavy (non-hydrogen) atoms. The lowest BCUT2D eigenvalue weighted by Gasteiger charge is -2.01. The van der Waals surface area contributed by atoms with Crippen LogP contribution in [0.25, 0.3) is 0 Å². The largest absolute Gasteiger partial charge is 0.382 e. The lowest BCUT2D eigenvalue weighted by molar-refractivity contribution is 0.0988. The number of nitrogens with zero attached hydrogens (tertiary/aromatic N) is 6. The second-order valence-electron chi connectivity index (χ2n) is 6.63. The van der Waals surface area contributed by atoms with Gasteiger partial charge in [0.15, 0.2) is 45.0 Å². The molecule has 0 aliphatic carbocycles. The van der Waals surface area contributed by atoms with E-state index in [1.807, 2.05) is 24.3 Å². The first-order valence-corrected chi connectivity index (χ1v) is 10.6. The molecule has 0 radical (unpaired) electrons. The maximum absolute atomic E-state index is 10.6. The van der Waals surface area contributed by atoms with Gasteiger partial charge in [0, 0.05) is 0 Å². The first kappa shape index (κ1) is 34.3. The molecule has 0 spiro atoms. The van der Waals surface area contributed by atoms with Gasteiger partial charge in [-0.25, -0.2) is 39.5 Å². The topological polar surface area (TPSA) is 301 Å². The van der Waals surface area contributed by atoms with Gasteiger partial charge in [-0.15, -0.1) is 17.0 Å². The van der Waals surface area contributed by atoms with Gasteiger partial charge >= 0.3 is 0 Å². The van der Waals surface area contributed by atoms with Crippen molar-refractivity contribution in [3.8, 4) is 0 Å². The lowest BCUT2D eigenvalue weighted by atomic mass is 10.1. The Morgan fingerprint density at radius 1 is 0.667 bits per heavy atom. The molecule has 3 rings (SSSR count).